The van der Waals surface area contributed by atoms with E-state index in [1.807, 2.05) is 6.08 Å². The van der Waals surface area contributed by atoms with Crippen molar-refractivity contribution in [2.45, 2.75) is 238 Å². The van der Waals surface area contributed by atoms with Crippen LogP contribution in [0.4, 0.5) is 0 Å². The summed E-state index contributed by atoms with van der Waals surface area (Å²) in [6, 6.07) is -0.640. The first-order chi connectivity index (χ1) is 29.2. The summed E-state index contributed by atoms with van der Waals surface area (Å²) < 4.78 is 0. The summed E-state index contributed by atoms with van der Waals surface area (Å²) in [4.78, 5) is 12.4. The molecule has 0 aromatic carbocycles. The zero-order valence-electron chi connectivity index (χ0n) is 38.7. The lowest BCUT2D eigenvalue weighted by Crippen LogP contribution is -2.45. The van der Waals surface area contributed by atoms with Crippen LogP contribution in [-0.4, -0.2) is 34.9 Å². The molecule has 0 aromatic rings. The summed E-state index contributed by atoms with van der Waals surface area (Å²) in [6.07, 6.45) is 74.1. The molecule has 0 bridgehead atoms. The summed E-state index contributed by atoms with van der Waals surface area (Å²) in [7, 11) is 0. The Morgan fingerprint density at radius 2 is 0.763 bits per heavy atom. The number of amides is 1. The maximum atomic E-state index is 12.4. The second kappa shape index (κ2) is 49.7. The van der Waals surface area contributed by atoms with Crippen molar-refractivity contribution < 1.29 is 15.0 Å². The monoisotopic (exact) mass is 818 g/mol. The fourth-order valence-corrected chi connectivity index (χ4v) is 7.02. The van der Waals surface area contributed by atoms with Crippen LogP contribution in [-0.2, 0) is 4.79 Å². The van der Waals surface area contributed by atoms with E-state index in [0.717, 1.165) is 70.6 Å². The molecule has 3 N–H and O–H groups in total. The minimum atomic E-state index is -0.863. The minimum Gasteiger partial charge on any atom is -0.394 e. The van der Waals surface area contributed by atoms with Crippen LogP contribution >= 0.6 is 0 Å². The van der Waals surface area contributed by atoms with Crippen LogP contribution in [0.2, 0.25) is 0 Å². The third-order valence-electron chi connectivity index (χ3n) is 10.8. The molecule has 4 nitrogen and oxygen atoms in total. The third kappa shape index (κ3) is 46.2. The molecular weight excluding hydrogens is 723 g/mol. The van der Waals surface area contributed by atoms with E-state index in [2.05, 4.69) is 104 Å². The van der Waals surface area contributed by atoms with Gasteiger partial charge in [0.25, 0.3) is 0 Å². The molecule has 4 heteroatoms. The van der Waals surface area contributed by atoms with Crippen molar-refractivity contribution in [3.63, 3.8) is 0 Å². The maximum Gasteiger partial charge on any atom is 0.220 e. The van der Waals surface area contributed by atoms with E-state index in [1.54, 1.807) is 6.08 Å². The van der Waals surface area contributed by atoms with Crippen LogP contribution in [0.5, 0.6) is 0 Å². The average Bonchev–Trinajstić information content (AvgIpc) is 3.24. The number of nitrogens with one attached hydrogen (secondary N) is 1. The molecular formula is C55H95NO3. The van der Waals surface area contributed by atoms with Gasteiger partial charge in [-0.25, -0.2) is 0 Å². The van der Waals surface area contributed by atoms with Crippen LogP contribution in [0.15, 0.2) is 97.2 Å². The normalized spacial score (nSPS) is 13.8. The molecule has 0 rings (SSSR count). The van der Waals surface area contributed by atoms with Gasteiger partial charge in [0.1, 0.15) is 0 Å². The predicted molar refractivity (Wildman–Crippen MR) is 262 cm³/mol. The van der Waals surface area contributed by atoms with Gasteiger partial charge in [0.2, 0.25) is 5.91 Å². The number of rotatable bonds is 44. The second-order valence-corrected chi connectivity index (χ2v) is 16.5. The van der Waals surface area contributed by atoms with Crippen molar-refractivity contribution in [1.29, 1.82) is 0 Å². The summed E-state index contributed by atoms with van der Waals surface area (Å²) in [5.74, 6) is -0.0779. The van der Waals surface area contributed by atoms with E-state index in [-0.39, 0.29) is 12.5 Å². The SMILES string of the molecule is CC/C=C\C/C=C\C/C=C\C/C=C\C/C=C\C/C=C\CCCCCCCCCCCCCCCCCCCCC(=O)NC(CO)C(O)/C=C/CC/C=C/CCCCCC. The smallest absolute Gasteiger partial charge is 0.220 e. The summed E-state index contributed by atoms with van der Waals surface area (Å²) in [5.41, 5.74) is 0. The first-order valence-electron chi connectivity index (χ1n) is 25.0. The number of unbranched alkanes of at least 4 members (excludes halogenated alkanes) is 23. The minimum absolute atomic E-state index is 0.0779. The largest absolute Gasteiger partial charge is 0.394 e. The van der Waals surface area contributed by atoms with Gasteiger partial charge in [0, 0.05) is 6.42 Å². The standard InChI is InChI=1S/C55H95NO3/c1-3-5-7-9-11-13-15-16-17-18-19-20-21-22-23-24-25-26-27-28-29-30-31-32-33-34-35-36-37-38-39-40-41-43-45-47-49-51-55(59)56-53(52-57)54(58)50-48-46-44-42-14-12-10-8-6-4-2/h5,7,11,13-14,16-17,19-20,22-23,25-26,42,48,50,53-54,57-58H,3-4,6,8-10,12,15,18,21,24,27-41,43-47,49,51-52H2,1-2H3,(H,56,59)/b7-5-,13-11-,17-16-,20-19-,23-22-,26-25-,42-14+,50-48+. The van der Waals surface area contributed by atoms with Gasteiger partial charge in [-0.05, 0) is 83.5 Å². The average molecular weight is 818 g/mol. The van der Waals surface area contributed by atoms with Crippen molar-refractivity contribution in [1.82, 2.24) is 5.32 Å². The quantitative estimate of drug-likeness (QED) is 0.0424. The van der Waals surface area contributed by atoms with Gasteiger partial charge in [-0.2, -0.15) is 0 Å². The highest BCUT2D eigenvalue weighted by atomic mass is 16.3. The zero-order valence-corrected chi connectivity index (χ0v) is 38.7. The molecule has 2 unspecified atom stereocenters. The Labute approximate surface area is 366 Å². The molecule has 0 aromatic heterocycles. The number of carbonyl (C=O) groups is 1. The van der Waals surface area contributed by atoms with E-state index in [9.17, 15) is 15.0 Å². The Kier molecular flexibility index (Phi) is 47.4. The molecule has 0 fully saturated rings. The number of hydrogen-bond donors (Lipinski definition) is 3. The number of allylic oxidation sites excluding steroid dienone is 15. The number of aliphatic hydroxyl groups excluding tert-OH is 2. The van der Waals surface area contributed by atoms with E-state index < -0.39 is 12.1 Å². The van der Waals surface area contributed by atoms with Crippen LogP contribution in [0.3, 0.4) is 0 Å². The van der Waals surface area contributed by atoms with Crippen LogP contribution < -0.4 is 5.32 Å². The molecule has 0 aliphatic carbocycles. The van der Waals surface area contributed by atoms with Gasteiger partial charge in [0.15, 0.2) is 0 Å². The molecule has 0 aliphatic heterocycles. The molecule has 59 heavy (non-hydrogen) atoms. The fourth-order valence-electron chi connectivity index (χ4n) is 7.02. The highest BCUT2D eigenvalue weighted by Gasteiger charge is 2.17. The van der Waals surface area contributed by atoms with Gasteiger partial charge < -0.3 is 15.5 Å². The van der Waals surface area contributed by atoms with Gasteiger partial charge in [-0.15, -0.1) is 0 Å². The van der Waals surface area contributed by atoms with E-state index in [4.69, 9.17) is 0 Å². The van der Waals surface area contributed by atoms with Crippen molar-refractivity contribution in [3.8, 4) is 0 Å². The zero-order chi connectivity index (χ0) is 42.8. The lowest BCUT2D eigenvalue weighted by Gasteiger charge is -2.19. The molecule has 0 saturated carbocycles. The molecule has 338 valence electrons. The summed E-state index contributed by atoms with van der Waals surface area (Å²) in [6.45, 7) is 4.14. The van der Waals surface area contributed by atoms with Crippen molar-refractivity contribution in [2.75, 3.05) is 6.61 Å². The molecule has 0 radical (unpaired) electrons. The summed E-state index contributed by atoms with van der Waals surface area (Å²) in [5, 5.41) is 22.9. The van der Waals surface area contributed by atoms with Gasteiger partial charge in [0.05, 0.1) is 18.8 Å². The van der Waals surface area contributed by atoms with E-state index in [1.165, 1.54) is 135 Å². The lowest BCUT2D eigenvalue weighted by atomic mass is 10.0. The number of aliphatic hydroxyl groups is 2. The molecule has 2 atom stereocenters. The Bertz CT molecular complexity index is 1110. The van der Waals surface area contributed by atoms with E-state index >= 15 is 0 Å². The maximum absolute atomic E-state index is 12.4. The second-order valence-electron chi connectivity index (χ2n) is 16.5. The van der Waals surface area contributed by atoms with Crippen LogP contribution in [0, 0.1) is 0 Å². The highest BCUT2D eigenvalue weighted by molar-refractivity contribution is 5.76. The Morgan fingerprint density at radius 3 is 1.19 bits per heavy atom. The highest BCUT2D eigenvalue weighted by Crippen LogP contribution is 2.15. The van der Waals surface area contributed by atoms with Gasteiger partial charge >= 0.3 is 0 Å². The molecule has 1 amide bonds. The summed E-state index contributed by atoms with van der Waals surface area (Å²) >= 11 is 0. The van der Waals surface area contributed by atoms with Gasteiger partial charge in [-0.1, -0.05) is 233 Å². The number of carbonyl (C=O) groups excluding carboxylic acids is 1. The van der Waals surface area contributed by atoms with Crippen molar-refractivity contribution >= 4 is 5.91 Å². The third-order valence-corrected chi connectivity index (χ3v) is 10.8. The predicted octanol–water partition coefficient (Wildman–Crippen LogP) is 16.2. The van der Waals surface area contributed by atoms with Gasteiger partial charge in [-0.3, -0.25) is 4.79 Å². The Morgan fingerprint density at radius 1 is 0.424 bits per heavy atom. The number of hydrogen-bond acceptors (Lipinski definition) is 3. The molecule has 0 heterocycles. The first-order valence-corrected chi connectivity index (χ1v) is 25.0. The van der Waals surface area contributed by atoms with Crippen molar-refractivity contribution in [2.24, 2.45) is 0 Å². The van der Waals surface area contributed by atoms with Crippen LogP contribution in [0.25, 0.3) is 0 Å². The Balaban J connectivity index is 3.48. The van der Waals surface area contributed by atoms with Crippen molar-refractivity contribution in [3.05, 3.63) is 97.2 Å². The Hall–Kier alpha value is -2.69. The fraction of sp³-hybridized carbons (Fsp3) is 0.691. The topological polar surface area (TPSA) is 69.6 Å². The first kappa shape index (κ1) is 56.3. The molecule has 0 aliphatic rings. The lowest BCUT2D eigenvalue weighted by molar-refractivity contribution is -0.123. The van der Waals surface area contributed by atoms with Crippen LogP contribution in [0.1, 0.15) is 226 Å². The molecule has 0 saturated heterocycles. The molecule has 0 spiro atoms. The van der Waals surface area contributed by atoms with E-state index in [0.29, 0.717) is 6.42 Å².